The van der Waals surface area contributed by atoms with Crippen molar-refractivity contribution in [1.29, 1.82) is 0 Å². The smallest absolute Gasteiger partial charge is 0.194 e. The third kappa shape index (κ3) is 4.90. The summed E-state index contributed by atoms with van der Waals surface area (Å²) in [5.41, 5.74) is 0.987. The van der Waals surface area contributed by atoms with Gasteiger partial charge in [-0.2, -0.15) is 0 Å². The second-order valence-corrected chi connectivity index (χ2v) is 6.93. The average molecular weight is 370 g/mol. The average Bonchev–Trinajstić information content (AvgIpc) is 2.63. The molecule has 0 radical (unpaired) electrons. The van der Waals surface area contributed by atoms with E-state index in [9.17, 15) is 17.4 Å². The Labute approximate surface area is 148 Å². The second-order valence-electron chi connectivity index (χ2n) is 5.45. The van der Waals surface area contributed by atoms with E-state index in [1.54, 1.807) is 12.1 Å². The lowest BCUT2D eigenvalue weighted by Crippen LogP contribution is -2.25. The molecule has 1 N–H and O–H groups in total. The molecule has 0 saturated heterocycles. The molecule has 0 aliphatic carbocycles. The van der Waals surface area contributed by atoms with E-state index in [1.165, 1.54) is 6.07 Å². The van der Waals surface area contributed by atoms with Gasteiger partial charge in [0, 0.05) is 31.7 Å². The van der Waals surface area contributed by atoms with E-state index in [0.29, 0.717) is 19.6 Å². The van der Waals surface area contributed by atoms with Crippen molar-refractivity contribution in [3.63, 3.8) is 0 Å². The fraction of sp³-hybridized carbons (Fsp3) is 0.333. The van der Waals surface area contributed by atoms with Gasteiger partial charge in [0.25, 0.3) is 0 Å². The molecule has 2 aromatic carbocycles. The molecule has 0 bridgehead atoms. The fourth-order valence-corrected chi connectivity index (χ4v) is 3.51. The lowest BCUT2D eigenvalue weighted by Gasteiger charge is -2.17. The van der Waals surface area contributed by atoms with Crippen molar-refractivity contribution in [1.82, 2.24) is 9.62 Å². The van der Waals surface area contributed by atoms with Crippen LogP contribution < -0.4 is 5.32 Å². The Morgan fingerprint density at radius 1 is 0.920 bits per heavy atom. The first-order valence-electron chi connectivity index (χ1n) is 8.06. The zero-order chi connectivity index (χ0) is 18.4. The minimum atomic E-state index is -1.46. The first-order chi connectivity index (χ1) is 12.0. The predicted molar refractivity (Wildman–Crippen MR) is 92.6 cm³/mol. The van der Waals surface area contributed by atoms with Crippen LogP contribution in [-0.4, -0.2) is 21.6 Å². The zero-order valence-corrected chi connectivity index (χ0v) is 15.0. The van der Waals surface area contributed by atoms with E-state index in [1.807, 2.05) is 30.3 Å². The number of hydrogen-bond acceptors (Lipinski definition) is 2. The fourth-order valence-electron chi connectivity index (χ4n) is 2.37. The van der Waals surface area contributed by atoms with Crippen LogP contribution in [-0.2, 0) is 24.1 Å². The number of benzene rings is 2. The highest BCUT2D eigenvalue weighted by atomic mass is 32.2. The lowest BCUT2D eigenvalue weighted by atomic mass is 10.2. The van der Waals surface area contributed by atoms with E-state index in [4.69, 9.17) is 0 Å². The summed E-state index contributed by atoms with van der Waals surface area (Å²) in [5.74, 6) is -3.82. The normalized spacial score (nSPS) is 12.6. The lowest BCUT2D eigenvalue weighted by molar-refractivity contribution is 0.438. The van der Waals surface area contributed by atoms with Gasteiger partial charge in [-0.1, -0.05) is 32.0 Å². The van der Waals surface area contributed by atoms with Gasteiger partial charge in [-0.15, -0.1) is 0 Å². The van der Waals surface area contributed by atoms with Gasteiger partial charge in [-0.25, -0.2) is 21.7 Å². The number of hydrogen-bond donors (Lipinski definition) is 1. The molecule has 0 amide bonds. The Bertz CT molecular complexity index is 734. The molecule has 0 fully saturated rings. The van der Waals surface area contributed by atoms with Crippen molar-refractivity contribution in [3.05, 3.63) is 65.0 Å². The molecule has 1 atom stereocenters. The van der Waals surface area contributed by atoms with Crippen LogP contribution in [0.4, 0.5) is 13.2 Å². The van der Waals surface area contributed by atoms with E-state index >= 15 is 0 Å². The van der Waals surface area contributed by atoms with Crippen LogP contribution in [0.15, 0.2) is 41.3 Å². The third-order valence-electron chi connectivity index (χ3n) is 3.82. The topological polar surface area (TPSA) is 32.3 Å². The van der Waals surface area contributed by atoms with Crippen molar-refractivity contribution in [3.8, 4) is 0 Å². The number of nitrogens with one attached hydrogen (secondary N) is 1. The summed E-state index contributed by atoms with van der Waals surface area (Å²) in [6.07, 6.45) is 0. The molecule has 136 valence electrons. The van der Waals surface area contributed by atoms with E-state index in [-0.39, 0.29) is 12.1 Å². The Kier molecular flexibility index (Phi) is 7.16. The number of halogens is 3. The summed E-state index contributed by atoms with van der Waals surface area (Å²) >= 11 is 0. The number of rotatable bonds is 8. The SMILES string of the molecule is CCN(CC)S(=O)c1ccc(CNCc2ccc(F)c(F)c2F)cc1. The molecule has 0 saturated carbocycles. The molecule has 2 rings (SSSR count). The van der Waals surface area contributed by atoms with Gasteiger partial charge in [-0.05, 0) is 23.8 Å². The van der Waals surface area contributed by atoms with Crippen LogP contribution in [0.25, 0.3) is 0 Å². The minimum absolute atomic E-state index is 0.0677. The van der Waals surface area contributed by atoms with E-state index in [2.05, 4.69) is 5.32 Å². The first kappa shape index (κ1) is 19.6. The van der Waals surface area contributed by atoms with Crippen molar-refractivity contribution in [2.75, 3.05) is 13.1 Å². The van der Waals surface area contributed by atoms with Crippen molar-refractivity contribution in [2.24, 2.45) is 0 Å². The largest absolute Gasteiger partial charge is 0.309 e. The highest BCUT2D eigenvalue weighted by Crippen LogP contribution is 2.16. The molecule has 3 nitrogen and oxygen atoms in total. The quantitative estimate of drug-likeness (QED) is 0.718. The molecule has 0 aromatic heterocycles. The Balaban J connectivity index is 1.94. The second kappa shape index (κ2) is 9.12. The van der Waals surface area contributed by atoms with Crippen LogP contribution in [0.5, 0.6) is 0 Å². The molecule has 7 heteroatoms. The maximum Gasteiger partial charge on any atom is 0.194 e. The summed E-state index contributed by atoms with van der Waals surface area (Å²) in [4.78, 5) is 0.721. The standard InChI is InChI=1S/C18H21F3N2OS/c1-3-23(4-2)25(24)15-8-5-13(6-9-15)11-22-12-14-7-10-16(19)18(21)17(14)20/h5-10,22H,3-4,11-12H2,1-2H3. The summed E-state index contributed by atoms with van der Waals surface area (Å²) < 4.78 is 53.8. The Morgan fingerprint density at radius 2 is 1.56 bits per heavy atom. The highest BCUT2D eigenvalue weighted by Gasteiger charge is 2.13. The minimum Gasteiger partial charge on any atom is -0.309 e. The van der Waals surface area contributed by atoms with Gasteiger partial charge in [0.2, 0.25) is 0 Å². The summed E-state index contributed by atoms with van der Waals surface area (Å²) in [5, 5.41) is 2.98. The van der Waals surface area contributed by atoms with E-state index < -0.39 is 28.4 Å². The van der Waals surface area contributed by atoms with Crippen molar-refractivity contribution >= 4 is 11.0 Å². The maximum absolute atomic E-state index is 13.6. The molecule has 1 unspecified atom stereocenters. The molecule has 0 aliphatic heterocycles. The summed E-state index contributed by atoms with van der Waals surface area (Å²) in [6, 6.07) is 9.40. The van der Waals surface area contributed by atoms with Crippen molar-refractivity contribution < 1.29 is 17.4 Å². The molecule has 0 aliphatic rings. The molecule has 0 heterocycles. The van der Waals surface area contributed by atoms with Crippen LogP contribution in [0, 0.1) is 17.5 Å². The third-order valence-corrected chi connectivity index (χ3v) is 5.49. The summed E-state index contributed by atoms with van der Waals surface area (Å²) in [7, 11) is -1.19. The number of nitrogens with zero attached hydrogens (tertiary/aromatic N) is 1. The van der Waals surface area contributed by atoms with Gasteiger partial charge in [0.05, 0.1) is 4.90 Å². The maximum atomic E-state index is 13.6. The van der Waals surface area contributed by atoms with Gasteiger partial charge in [0.1, 0.15) is 11.0 Å². The van der Waals surface area contributed by atoms with Crippen molar-refractivity contribution in [2.45, 2.75) is 31.8 Å². The molecule has 2 aromatic rings. The molecular weight excluding hydrogens is 349 g/mol. The molecule has 0 spiro atoms. The van der Waals surface area contributed by atoms with Gasteiger partial charge in [-0.3, -0.25) is 0 Å². The van der Waals surface area contributed by atoms with Crippen LogP contribution in [0.1, 0.15) is 25.0 Å². The zero-order valence-electron chi connectivity index (χ0n) is 14.2. The van der Waals surface area contributed by atoms with Crippen LogP contribution in [0.3, 0.4) is 0 Å². The monoisotopic (exact) mass is 370 g/mol. The Morgan fingerprint density at radius 3 is 2.16 bits per heavy atom. The molecule has 25 heavy (non-hydrogen) atoms. The van der Waals surface area contributed by atoms with Gasteiger partial charge >= 0.3 is 0 Å². The van der Waals surface area contributed by atoms with Gasteiger partial charge in [0.15, 0.2) is 17.5 Å². The molecular formula is C18H21F3N2OS. The summed E-state index contributed by atoms with van der Waals surface area (Å²) in [6.45, 7) is 5.82. The van der Waals surface area contributed by atoms with Crippen LogP contribution in [0.2, 0.25) is 0 Å². The van der Waals surface area contributed by atoms with E-state index in [0.717, 1.165) is 16.5 Å². The van der Waals surface area contributed by atoms with Crippen LogP contribution >= 0.6 is 0 Å². The van der Waals surface area contributed by atoms with Gasteiger partial charge < -0.3 is 5.32 Å². The first-order valence-corrected chi connectivity index (χ1v) is 9.17. The predicted octanol–water partition coefficient (Wildman–Crippen LogP) is 3.76. The Hall–Kier alpha value is -1.70. The highest BCUT2D eigenvalue weighted by molar-refractivity contribution is 7.82.